The van der Waals surface area contributed by atoms with Crippen molar-refractivity contribution in [3.8, 4) is 0 Å². The zero-order chi connectivity index (χ0) is 17.6. The van der Waals surface area contributed by atoms with E-state index < -0.39 is 9.84 Å². The zero-order valence-electron chi connectivity index (χ0n) is 15.4. The van der Waals surface area contributed by atoms with Crippen LogP contribution in [0.3, 0.4) is 0 Å². The van der Waals surface area contributed by atoms with Gasteiger partial charge < -0.3 is 15.5 Å². The normalized spacial score (nSPS) is 26.5. The lowest BCUT2D eigenvalue weighted by Gasteiger charge is -2.34. The van der Waals surface area contributed by atoms with Crippen LogP contribution in [0.2, 0.25) is 0 Å². The lowest BCUT2D eigenvalue weighted by molar-refractivity contribution is 0.176. The van der Waals surface area contributed by atoms with Crippen molar-refractivity contribution >= 4 is 15.8 Å². The summed E-state index contributed by atoms with van der Waals surface area (Å²) < 4.78 is 23.3. The molecule has 0 amide bonds. The van der Waals surface area contributed by atoms with Crippen LogP contribution in [-0.2, 0) is 9.84 Å². The van der Waals surface area contributed by atoms with Crippen molar-refractivity contribution in [1.29, 1.82) is 0 Å². The average molecular weight is 359 g/mol. The number of guanidine groups is 1. The van der Waals surface area contributed by atoms with Crippen molar-refractivity contribution < 1.29 is 8.42 Å². The number of sulfone groups is 1. The molecule has 2 fully saturated rings. The third kappa shape index (κ3) is 5.92. The molecule has 0 bridgehead atoms. The van der Waals surface area contributed by atoms with E-state index in [1.54, 1.807) is 0 Å². The van der Waals surface area contributed by atoms with Gasteiger partial charge in [0.15, 0.2) is 15.8 Å². The maximum atomic E-state index is 11.6. The van der Waals surface area contributed by atoms with Gasteiger partial charge in [0.05, 0.1) is 18.1 Å². The van der Waals surface area contributed by atoms with Gasteiger partial charge in [-0.15, -0.1) is 0 Å². The van der Waals surface area contributed by atoms with Crippen molar-refractivity contribution in [2.24, 2.45) is 10.9 Å². The molecule has 2 atom stereocenters. The van der Waals surface area contributed by atoms with Crippen LogP contribution in [0.4, 0.5) is 0 Å². The minimum absolute atomic E-state index is 0.0136. The second-order valence-corrected chi connectivity index (χ2v) is 9.62. The van der Waals surface area contributed by atoms with Crippen LogP contribution >= 0.6 is 0 Å². The molecular weight excluding hydrogens is 324 g/mol. The molecule has 140 valence electrons. The first-order valence-corrected chi connectivity index (χ1v) is 11.1. The van der Waals surface area contributed by atoms with E-state index in [9.17, 15) is 8.42 Å². The molecular formula is C17H34N4O2S. The molecule has 24 heavy (non-hydrogen) atoms. The minimum Gasteiger partial charge on any atom is -0.357 e. The van der Waals surface area contributed by atoms with Gasteiger partial charge in [0.2, 0.25) is 0 Å². The van der Waals surface area contributed by atoms with E-state index in [4.69, 9.17) is 4.99 Å². The molecule has 1 aliphatic heterocycles. The molecule has 1 saturated carbocycles. The average Bonchev–Trinajstić information content (AvgIpc) is 2.87. The third-order valence-corrected chi connectivity index (χ3v) is 6.98. The molecule has 0 spiro atoms. The van der Waals surface area contributed by atoms with Gasteiger partial charge >= 0.3 is 0 Å². The van der Waals surface area contributed by atoms with Crippen LogP contribution in [-0.4, -0.2) is 70.1 Å². The number of hydrogen-bond donors (Lipinski definition) is 2. The van der Waals surface area contributed by atoms with Crippen molar-refractivity contribution in [2.45, 2.75) is 57.5 Å². The van der Waals surface area contributed by atoms with Gasteiger partial charge in [-0.3, -0.25) is 4.99 Å². The van der Waals surface area contributed by atoms with Crippen LogP contribution in [0.5, 0.6) is 0 Å². The smallest absolute Gasteiger partial charge is 0.191 e. The first kappa shape index (κ1) is 19.5. The lowest BCUT2D eigenvalue weighted by Crippen LogP contribution is -2.45. The van der Waals surface area contributed by atoms with Gasteiger partial charge in [-0.25, -0.2) is 8.42 Å². The van der Waals surface area contributed by atoms with Crippen molar-refractivity contribution in [2.75, 3.05) is 38.7 Å². The van der Waals surface area contributed by atoms with Crippen molar-refractivity contribution in [3.63, 3.8) is 0 Å². The summed E-state index contributed by atoms with van der Waals surface area (Å²) >= 11 is 0. The Kier molecular flexibility index (Phi) is 7.34. The molecule has 2 N–H and O–H groups in total. The molecule has 1 saturated heterocycles. The molecule has 6 nitrogen and oxygen atoms in total. The van der Waals surface area contributed by atoms with Crippen molar-refractivity contribution in [3.05, 3.63) is 0 Å². The topological polar surface area (TPSA) is 73.8 Å². The summed E-state index contributed by atoms with van der Waals surface area (Å²) in [7, 11) is 1.40. The molecule has 0 radical (unpaired) electrons. The number of rotatable bonds is 6. The van der Waals surface area contributed by atoms with Crippen LogP contribution in [0, 0.1) is 5.92 Å². The Labute approximate surface area is 147 Å². The Bertz CT molecular complexity index is 513. The summed E-state index contributed by atoms with van der Waals surface area (Å²) in [6, 6.07) is 0.438. The highest BCUT2D eigenvalue weighted by molar-refractivity contribution is 7.91. The van der Waals surface area contributed by atoms with Gasteiger partial charge in [-0.05, 0) is 46.2 Å². The fraction of sp³-hybridized carbons (Fsp3) is 0.941. The SMILES string of the molecule is CCNC(=NCC(C1CCCCC1)N(C)C)NC1CCS(=O)(=O)C1. The summed E-state index contributed by atoms with van der Waals surface area (Å²) in [5.41, 5.74) is 0. The summed E-state index contributed by atoms with van der Waals surface area (Å²) in [6.45, 7) is 3.57. The lowest BCUT2D eigenvalue weighted by atomic mass is 9.83. The Balaban J connectivity index is 1.97. The molecule has 2 unspecified atom stereocenters. The van der Waals surface area contributed by atoms with Crippen LogP contribution in [0.15, 0.2) is 4.99 Å². The summed E-state index contributed by atoms with van der Waals surface area (Å²) in [5.74, 6) is 1.97. The summed E-state index contributed by atoms with van der Waals surface area (Å²) in [6.07, 6.45) is 7.28. The highest BCUT2D eigenvalue weighted by atomic mass is 32.2. The van der Waals surface area contributed by atoms with Gasteiger partial charge in [0.25, 0.3) is 0 Å². The predicted molar refractivity (Wildman–Crippen MR) is 100 cm³/mol. The largest absolute Gasteiger partial charge is 0.357 e. The minimum atomic E-state index is -2.87. The highest BCUT2D eigenvalue weighted by Crippen LogP contribution is 2.28. The summed E-state index contributed by atoms with van der Waals surface area (Å²) in [5, 5.41) is 6.57. The maximum absolute atomic E-state index is 11.6. The molecule has 1 aliphatic carbocycles. The summed E-state index contributed by atoms with van der Waals surface area (Å²) in [4.78, 5) is 7.07. The van der Waals surface area contributed by atoms with Gasteiger partial charge in [-0.1, -0.05) is 19.3 Å². The second-order valence-electron chi connectivity index (χ2n) is 7.39. The molecule has 2 rings (SSSR count). The Hall–Kier alpha value is -0.820. The van der Waals surface area contributed by atoms with Gasteiger partial charge in [0.1, 0.15) is 0 Å². The Morgan fingerprint density at radius 2 is 1.92 bits per heavy atom. The van der Waals surface area contributed by atoms with E-state index in [1.165, 1.54) is 32.1 Å². The molecule has 0 aromatic heterocycles. The van der Waals surface area contributed by atoms with E-state index in [1.807, 2.05) is 6.92 Å². The fourth-order valence-corrected chi connectivity index (χ4v) is 5.53. The zero-order valence-corrected chi connectivity index (χ0v) is 16.2. The fourth-order valence-electron chi connectivity index (χ4n) is 3.86. The first-order valence-electron chi connectivity index (χ1n) is 9.33. The second kappa shape index (κ2) is 9.04. The van der Waals surface area contributed by atoms with E-state index in [-0.39, 0.29) is 17.5 Å². The number of nitrogens with one attached hydrogen (secondary N) is 2. The van der Waals surface area contributed by atoms with Gasteiger partial charge in [0, 0.05) is 18.6 Å². The van der Waals surface area contributed by atoms with E-state index in [2.05, 4.69) is 29.6 Å². The molecule has 2 aliphatic rings. The van der Waals surface area contributed by atoms with Crippen LogP contribution in [0.1, 0.15) is 45.4 Å². The monoisotopic (exact) mass is 358 g/mol. The van der Waals surface area contributed by atoms with Crippen LogP contribution < -0.4 is 10.6 Å². The number of hydrogen-bond acceptors (Lipinski definition) is 4. The standard InChI is InChI=1S/C17H34N4O2S/c1-4-18-17(20-15-10-11-24(22,23)13-15)19-12-16(21(2)3)14-8-6-5-7-9-14/h14-16H,4-13H2,1-3H3,(H2,18,19,20). The number of nitrogens with zero attached hydrogens (tertiary/aromatic N) is 2. The van der Waals surface area contributed by atoms with Crippen molar-refractivity contribution in [1.82, 2.24) is 15.5 Å². The van der Waals surface area contributed by atoms with E-state index >= 15 is 0 Å². The van der Waals surface area contributed by atoms with E-state index in [0.29, 0.717) is 18.4 Å². The first-order chi connectivity index (χ1) is 11.4. The Morgan fingerprint density at radius 1 is 1.21 bits per heavy atom. The number of aliphatic imine (C=N–C) groups is 1. The van der Waals surface area contributed by atoms with E-state index in [0.717, 1.165) is 19.0 Å². The Morgan fingerprint density at radius 3 is 2.46 bits per heavy atom. The molecule has 1 heterocycles. The molecule has 7 heteroatoms. The third-order valence-electron chi connectivity index (χ3n) is 5.21. The van der Waals surface area contributed by atoms with Crippen LogP contribution in [0.25, 0.3) is 0 Å². The highest BCUT2D eigenvalue weighted by Gasteiger charge is 2.29. The molecule has 0 aromatic rings. The number of likely N-dealkylation sites (N-methyl/N-ethyl adjacent to an activating group) is 1. The molecule has 0 aromatic carbocycles. The quantitative estimate of drug-likeness (QED) is 0.552. The maximum Gasteiger partial charge on any atom is 0.191 e. The predicted octanol–water partition coefficient (Wildman–Crippen LogP) is 1.24. The van der Waals surface area contributed by atoms with Gasteiger partial charge in [-0.2, -0.15) is 0 Å².